The van der Waals surface area contributed by atoms with Crippen molar-refractivity contribution in [2.24, 2.45) is 11.8 Å². The first-order valence-electron chi connectivity index (χ1n) is 3.38. The molecule has 0 aromatic carbocycles. The van der Waals surface area contributed by atoms with Crippen LogP contribution in [0, 0.1) is 23.2 Å². The summed E-state index contributed by atoms with van der Waals surface area (Å²) in [5.41, 5.74) is 0. The molecule has 0 radical (unpaired) electrons. The van der Waals surface area contributed by atoms with E-state index >= 15 is 0 Å². The molecule has 3 nitrogen and oxygen atoms in total. The normalized spacial score (nSPS) is 13.3. The second-order valence-electron chi connectivity index (χ2n) is 2.57. The van der Waals surface area contributed by atoms with E-state index in [4.69, 9.17) is 10.4 Å². The van der Waals surface area contributed by atoms with Gasteiger partial charge in [-0.05, 0) is 5.92 Å². The summed E-state index contributed by atoms with van der Waals surface area (Å²) in [4.78, 5) is 10.3. The zero-order valence-electron chi connectivity index (χ0n) is 6.61. The topological polar surface area (TPSA) is 61.1 Å². The Hall–Kier alpha value is -1.30. The predicted octanol–water partition coefficient (Wildman–Crippen LogP) is 1.42. The summed E-state index contributed by atoms with van der Waals surface area (Å²) < 4.78 is 0. The Balaban J connectivity index is 4.12. The number of rotatable bonds is 3. The SMILES string of the molecule is CC(C)C=CC(C#N)C(=O)O. The highest BCUT2D eigenvalue weighted by molar-refractivity contribution is 5.75. The van der Waals surface area contributed by atoms with Gasteiger partial charge in [-0.15, -0.1) is 0 Å². The molecule has 0 aliphatic carbocycles. The fourth-order valence-electron chi connectivity index (χ4n) is 0.514. The zero-order chi connectivity index (χ0) is 8.85. The second-order valence-corrected chi connectivity index (χ2v) is 2.57. The maximum absolute atomic E-state index is 10.3. The van der Waals surface area contributed by atoms with Crippen LogP contribution in [0.3, 0.4) is 0 Å². The molecule has 1 N–H and O–H groups in total. The number of allylic oxidation sites excluding steroid dienone is 1. The number of nitrogens with zero attached hydrogens (tertiary/aromatic N) is 1. The van der Waals surface area contributed by atoms with Crippen molar-refractivity contribution >= 4 is 5.97 Å². The highest BCUT2D eigenvalue weighted by Crippen LogP contribution is 2.01. The van der Waals surface area contributed by atoms with Gasteiger partial charge in [0, 0.05) is 0 Å². The molecule has 0 aliphatic heterocycles. The van der Waals surface area contributed by atoms with Crippen LogP contribution in [0.4, 0.5) is 0 Å². The monoisotopic (exact) mass is 153 g/mol. The molecule has 0 aromatic heterocycles. The Labute approximate surface area is 66.0 Å². The van der Waals surface area contributed by atoms with E-state index in [1.807, 2.05) is 13.8 Å². The van der Waals surface area contributed by atoms with Crippen LogP contribution in [-0.4, -0.2) is 11.1 Å². The van der Waals surface area contributed by atoms with Crippen molar-refractivity contribution in [3.8, 4) is 6.07 Å². The summed E-state index contributed by atoms with van der Waals surface area (Å²) in [6.07, 6.45) is 3.12. The van der Waals surface area contributed by atoms with Gasteiger partial charge < -0.3 is 5.11 Å². The Morgan fingerprint density at radius 3 is 2.36 bits per heavy atom. The van der Waals surface area contributed by atoms with Crippen LogP contribution in [0.5, 0.6) is 0 Å². The quantitative estimate of drug-likeness (QED) is 0.624. The van der Waals surface area contributed by atoms with E-state index in [-0.39, 0.29) is 5.92 Å². The number of carbonyl (C=O) groups is 1. The predicted molar refractivity (Wildman–Crippen MR) is 40.7 cm³/mol. The largest absolute Gasteiger partial charge is 0.480 e. The van der Waals surface area contributed by atoms with Gasteiger partial charge in [-0.3, -0.25) is 4.79 Å². The summed E-state index contributed by atoms with van der Waals surface area (Å²) >= 11 is 0. The maximum atomic E-state index is 10.3. The van der Waals surface area contributed by atoms with E-state index < -0.39 is 11.9 Å². The number of carboxylic acids is 1. The van der Waals surface area contributed by atoms with Crippen molar-refractivity contribution in [3.63, 3.8) is 0 Å². The Bertz CT molecular complexity index is 201. The first kappa shape index (κ1) is 9.70. The Kier molecular flexibility index (Phi) is 3.97. The standard InChI is InChI=1S/C8H11NO2/c1-6(2)3-4-7(5-9)8(10)11/h3-4,6-7H,1-2H3,(H,10,11). The van der Waals surface area contributed by atoms with Crippen LogP contribution in [0.1, 0.15) is 13.8 Å². The molecular formula is C8H11NO2. The summed E-state index contributed by atoms with van der Waals surface area (Å²) in [6.45, 7) is 3.85. The molecule has 0 amide bonds. The van der Waals surface area contributed by atoms with E-state index in [1.54, 1.807) is 12.1 Å². The van der Waals surface area contributed by atoms with Crippen molar-refractivity contribution in [2.45, 2.75) is 13.8 Å². The number of nitriles is 1. The first-order chi connectivity index (χ1) is 5.07. The van der Waals surface area contributed by atoms with E-state index in [2.05, 4.69) is 0 Å². The third kappa shape index (κ3) is 4.15. The highest BCUT2D eigenvalue weighted by atomic mass is 16.4. The smallest absolute Gasteiger partial charge is 0.324 e. The molecular weight excluding hydrogens is 142 g/mol. The van der Waals surface area contributed by atoms with E-state index in [0.717, 1.165) is 0 Å². The molecule has 0 aliphatic rings. The maximum Gasteiger partial charge on any atom is 0.324 e. The minimum absolute atomic E-state index is 0.283. The van der Waals surface area contributed by atoms with Gasteiger partial charge in [0.25, 0.3) is 0 Å². The van der Waals surface area contributed by atoms with E-state index in [0.29, 0.717) is 0 Å². The fourth-order valence-corrected chi connectivity index (χ4v) is 0.514. The average molecular weight is 153 g/mol. The number of carboxylic acid groups (broad SMARTS) is 1. The molecule has 1 unspecified atom stereocenters. The van der Waals surface area contributed by atoms with Gasteiger partial charge in [0.1, 0.15) is 0 Å². The van der Waals surface area contributed by atoms with Crippen LogP contribution in [-0.2, 0) is 4.79 Å². The van der Waals surface area contributed by atoms with Gasteiger partial charge in [-0.25, -0.2) is 0 Å². The van der Waals surface area contributed by atoms with Crippen LogP contribution < -0.4 is 0 Å². The van der Waals surface area contributed by atoms with Crippen molar-refractivity contribution in [3.05, 3.63) is 12.2 Å². The van der Waals surface area contributed by atoms with Crippen LogP contribution in [0.15, 0.2) is 12.2 Å². The van der Waals surface area contributed by atoms with Crippen molar-refractivity contribution < 1.29 is 9.90 Å². The molecule has 60 valence electrons. The first-order valence-corrected chi connectivity index (χ1v) is 3.38. The minimum Gasteiger partial charge on any atom is -0.480 e. The summed E-state index contributed by atoms with van der Waals surface area (Å²) in [5.74, 6) is -1.81. The number of hydrogen-bond acceptors (Lipinski definition) is 2. The van der Waals surface area contributed by atoms with Gasteiger partial charge in [0.15, 0.2) is 5.92 Å². The van der Waals surface area contributed by atoms with Gasteiger partial charge in [-0.1, -0.05) is 26.0 Å². The number of hydrogen-bond donors (Lipinski definition) is 1. The molecule has 1 atom stereocenters. The molecule has 0 spiro atoms. The van der Waals surface area contributed by atoms with Crippen LogP contribution in [0.25, 0.3) is 0 Å². The third-order valence-corrected chi connectivity index (χ3v) is 1.09. The molecule has 0 bridgehead atoms. The summed E-state index contributed by atoms with van der Waals surface area (Å²) in [7, 11) is 0. The molecule has 0 saturated carbocycles. The van der Waals surface area contributed by atoms with Gasteiger partial charge >= 0.3 is 5.97 Å². The molecule has 0 rings (SSSR count). The van der Waals surface area contributed by atoms with Gasteiger partial charge in [0.05, 0.1) is 6.07 Å². The second kappa shape index (κ2) is 4.51. The number of aliphatic carboxylic acids is 1. The lowest BCUT2D eigenvalue weighted by Crippen LogP contribution is -2.08. The fraction of sp³-hybridized carbons (Fsp3) is 0.500. The molecule has 0 aromatic rings. The van der Waals surface area contributed by atoms with Gasteiger partial charge in [-0.2, -0.15) is 5.26 Å². The zero-order valence-corrected chi connectivity index (χ0v) is 6.61. The lowest BCUT2D eigenvalue weighted by atomic mass is 10.1. The van der Waals surface area contributed by atoms with Crippen molar-refractivity contribution in [1.29, 1.82) is 5.26 Å². The lowest BCUT2D eigenvalue weighted by molar-refractivity contribution is -0.138. The highest BCUT2D eigenvalue weighted by Gasteiger charge is 2.11. The van der Waals surface area contributed by atoms with Gasteiger partial charge in [0.2, 0.25) is 0 Å². The van der Waals surface area contributed by atoms with Crippen LogP contribution >= 0.6 is 0 Å². The minimum atomic E-state index is -1.09. The molecule has 0 heterocycles. The molecule has 0 saturated heterocycles. The van der Waals surface area contributed by atoms with Crippen molar-refractivity contribution in [2.75, 3.05) is 0 Å². The third-order valence-electron chi connectivity index (χ3n) is 1.09. The lowest BCUT2D eigenvalue weighted by Gasteiger charge is -1.96. The summed E-state index contributed by atoms with van der Waals surface area (Å²) in [5, 5.41) is 16.7. The van der Waals surface area contributed by atoms with E-state index in [9.17, 15) is 4.79 Å². The molecule has 11 heavy (non-hydrogen) atoms. The van der Waals surface area contributed by atoms with Crippen LogP contribution in [0.2, 0.25) is 0 Å². The van der Waals surface area contributed by atoms with Crippen molar-refractivity contribution in [1.82, 2.24) is 0 Å². The molecule has 3 heteroatoms. The summed E-state index contributed by atoms with van der Waals surface area (Å²) in [6, 6.07) is 1.67. The Morgan fingerprint density at radius 1 is 1.55 bits per heavy atom. The average Bonchev–Trinajstić information content (AvgIpc) is 1.87. The van der Waals surface area contributed by atoms with E-state index in [1.165, 1.54) is 6.08 Å². The Morgan fingerprint density at radius 2 is 2.09 bits per heavy atom. The molecule has 0 fully saturated rings.